The first-order chi connectivity index (χ1) is 8.43. The highest BCUT2D eigenvalue weighted by Gasteiger charge is 2.35. The van der Waals surface area contributed by atoms with Crippen molar-refractivity contribution in [2.75, 3.05) is 7.11 Å². The van der Waals surface area contributed by atoms with E-state index >= 15 is 0 Å². The van der Waals surface area contributed by atoms with E-state index in [1.165, 1.54) is 24.3 Å². The van der Waals surface area contributed by atoms with Gasteiger partial charge in [0.25, 0.3) is 0 Å². The smallest absolute Gasteiger partial charge is 0.433 e. The number of benzene rings is 1. The van der Waals surface area contributed by atoms with Crippen LogP contribution in [0.2, 0.25) is 0 Å². The van der Waals surface area contributed by atoms with E-state index in [0.717, 1.165) is 7.11 Å². The molecule has 94 valence electrons. The van der Waals surface area contributed by atoms with Crippen LogP contribution >= 0.6 is 0 Å². The van der Waals surface area contributed by atoms with Crippen molar-refractivity contribution in [3.8, 4) is 0 Å². The van der Waals surface area contributed by atoms with Gasteiger partial charge in [-0.05, 0) is 11.5 Å². The van der Waals surface area contributed by atoms with E-state index in [4.69, 9.17) is 0 Å². The SMILES string of the molecule is COC(=O)c1cc2ccccc2c(C(F)(F)F)n1. The minimum atomic E-state index is -4.62. The Morgan fingerprint density at radius 3 is 2.56 bits per heavy atom. The van der Waals surface area contributed by atoms with Gasteiger partial charge < -0.3 is 4.74 Å². The standard InChI is InChI=1S/C12H8F3NO2/c1-18-11(17)9-6-7-4-2-3-5-8(7)10(16-9)12(13,14)15/h2-6H,1H3. The van der Waals surface area contributed by atoms with Crippen molar-refractivity contribution in [3.05, 3.63) is 41.7 Å². The number of carbonyl (C=O) groups is 1. The summed E-state index contributed by atoms with van der Waals surface area (Å²) in [5.41, 5.74) is -1.44. The molecule has 0 radical (unpaired) electrons. The number of halogens is 3. The topological polar surface area (TPSA) is 39.2 Å². The number of methoxy groups -OCH3 is 1. The Kier molecular flexibility index (Phi) is 2.94. The van der Waals surface area contributed by atoms with E-state index in [-0.39, 0.29) is 11.1 Å². The maximum Gasteiger partial charge on any atom is 0.433 e. The van der Waals surface area contributed by atoms with Gasteiger partial charge in [0.1, 0.15) is 5.69 Å². The van der Waals surface area contributed by atoms with E-state index in [9.17, 15) is 18.0 Å². The third-order valence-electron chi connectivity index (χ3n) is 2.40. The minimum Gasteiger partial charge on any atom is -0.464 e. The fraction of sp³-hybridized carbons (Fsp3) is 0.167. The van der Waals surface area contributed by atoms with Crippen LogP contribution in [0.5, 0.6) is 0 Å². The van der Waals surface area contributed by atoms with Gasteiger partial charge in [-0.15, -0.1) is 0 Å². The Balaban J connectivity index is 2.77. The van der Waals surface area contributed by atoms with Gasteiger partial charge >= 0.3 is 12.1 Å². The number of fused-ring (bicyclic) bond motifs is 1. The molecule has 0 bridgehead atoms. The third kappa shape index (κ3) is 2.13. The second-order valence-electron chi connectivity index (χ2n) is 3.57. The zero-order valence-corrected chi connectivity index (χ0v) is 9.28. The molecule has 0 fully saturated rings. The van der Waals surface area contributed by atoms with Gasteiger partial charge in [-0.25, -0.2) is 9.78 Å². The molecule has 2 aromatic rings. The summed E-state index contributed by atoms with van der Waals surface area (Å²) in [7, 11) is 1.09. The first-order valence-corrected chi connectivity index (χ1v) is 4.99. The number of alkyl halides is 3. The molecule has 0 aliphatic rings. The number of aromatic nitrogens is 1. The zero-order valence-electron chi connectivity index (χ0n) is 9.28. The molecule has 0 N–H and O–H groups in total. The van der Waals surface area contributed by atoms with Crippen LogP contribution in [0.1, 0.15) is 16.2 Å². The molecule has 0 aliphatic heterocycles. The Labute approximate surface area is 100 Å². The molecule has 0 saturated heterocycles. The Hall–Kier alpha value is -2.11. The number of pyridine rings is 1. The van der Waals surface area contributed by atoms with Crippen LogP contribution in [-0.2, 0) is 10.9 Å². The molecule has 0 atom stereocenters. The first kappa shape index (κ1) is 12.3. The molecule has 0 aliphatic carbocycles. The van der Waals surface area contributed by atoms with E-state index in [0.29, 0.717) is 5.39 Å². The van der Waals surface area contributed by atoms with Gasteiger partial charge in [0.2, 0.25) is 0 Å². The van der Waals surface area contributed by atoms with Crippen LogP contribution in [0.25, 0.3) is 10.8 Å². The van der Waals surface area contributed by atoms with Crippen molar-refractivity contribution in [2.45, 2.75) is 6.18 Å². The van der Waals surface area contributed by atoms with Crippen LogP contribution in [0.3, 0.4) is 0 Å². The number of hydrogen-bond donors (Lipinski definition) is 0. The maximum absolute atomic E-state index is 12.9. The number of nitrogens with zero attached hydrogens (tertiary/aromatic N) is 1. The van der Waals surface area contributed by atoms with Crippen LogP contribution < -0.4 is 0 Å². The number of esters is 1. The van der Waals surface area contributed by atoms with Crippen molar-refractivity contribution in [1.82, 2.24) is 4.98 Å². The lowest BCUT2D eigenvalue weighted by Crippen LogP contribution is -2.13. The summed E-state index contributed by atoms with van der Waals surface area (Å²) in [6.07, 6.45) is -4.62. The van der Waals surface area contributed by atoms with E-state index in [1.807, 2.05) is 0 Å². The highest BCUT2D eigenvalue weighted by atomic mass is 19.4. The minimum absolute atomic E-state index is 0.0438. The molecule has 0 unspecified atom stereocenters. The van der Waals surface area contributed by atoms with Crippen molar-refractivity contribution in [2.24, 2.45) is 0 Å². The average Bonchev–Trinajstić information content (AvgIpc) is 2.35. The molecular weight excluding hydrogens is 247 g/mol. The van der Waals surface area contributed by atoms with Gasteiger partial charge in [0.15, 0.2) is 5.69 Å². The van der Waals surface area contributed by atoms with Crippen molar-refractivity contribution in [1.29, 1.82) is 0 Å². The molecule has 0 amide bonds. The second-order valence-corrected chi connectivity index (χ2v) is 3.57. The quantitative estimate of drug-likeness (QED) is 0.735. The van der Waals surface area contributed by atoms with Crippen LogP contribution in [0.15, 0.2) is 30.3 Å². The van der Waals surface area contributed by atoms with E-state index in [1.54, 1.807) is 6.07 Å². The lowest BCUT2D eigenvalue weighted by atomic mass is 10.1. The molecule has 0 saturated carbocycles. The molecule has 1 aromatic carbocycles. The predicted molar refractivity (Wildman–Crippen MR) is 58.1 cm³/mol. The van der Waals surface area contributed by atoms with E-state index < -0.39 is 17.8 Å². The van der Waals surface area contributed by atoms with E-state index in [2.05, 4.69) is 9.72 Å². The Bertz CT molecular complexity index is 608. The summed E-state index contributed by atoms with van der Waals surface area (Å²) < 4.78 is 42.9. The monoisotopic (exact) mass is 255 g/mol. The fourth-order valence-electron chi connectivity index (χ4n) is 1.62. The molecule has 2 rings (SSSR count). The van der Waals surface area contributed by atoms with Crippen molar-refractivity contribution < 1.29 is 22.7 Å². The normalized spacial score (nSPS) is 11.6. The predicted octanol–water partition coefficient (Wildman–Crippen LogP) is 3.04. The number of rotatable bonds is 1. The third-order valence-corrected chi connectivity index (χ3v) is 2.40. The maximum atomic E-state index is 12.9. The molecule has 0 spiro atoms. The van der Waals surface area contributed by atoms with Gasteiger partial charge in [0.05, 0.1) is 7.11 Å². The van der Waals surface area contributed by atoms with Crippen LogP contribution in [0, 0.1) is 0 Å². The van der Waals surface area contributed by atoms with Crippen molar-refractivity contribution in [3.63, 3.8) is 0 Å². The molecule has 18 heavy (non-hydrogen) atoms. The Morgan fingerprint density at radius 2 is 1.94 bits per heavy atom. The Morgan fingerprint density at radius 1 is 1.28 bits per heavy atom. The number of carbonyl (C=O) groups excluding carboxylic acids is 1. The second kappa shape index (κ2) is 4.29. The van der Waals surface area contributed by atoms with Crippen molar-refractivity contribution >= 4 is 16.7 Å². The van der Waals surface area contributed by atoms with Crippen LogP contribution in [0.4, 0.5) is 13.2 Å². The molecular formula is C12H8F3NO2. The summed E-state index contributed by atoms with van der Waals surface area (Å²) >= 11 is 0. The van der Waals surface area contributed by atoms with Gasteiger partial charge in [0, 0.05) is 5.39 Å². The number of hydrogen-bond acceptors (Lipinski definition) is 3. The zero-order chi connectivity index (χ0) is 13.3. The first-order valence-electron chi connectivity index (χ1n) is 4.99. The molecule has 6 heteroatoms. The summed E-state index contributed by atoms with van der Waals surface area (Å²) in [6.45, 7) is 0. The lowest BCUT2D eigenvalue weighted by molar-refractivity contribution is -0.139. The highest BCUT2D eigenvalue weighted by molar-refractivity contribution is 5.94. The molecule has 1 heterocycles. The fourth-order valence-corrected chi connectivity index (χ4v) is 1.62. The molecule has 1 aromatic heterocycles. The summed E-state index contributed by atoms with van der Waals surface area (Å²) in [5.74, 6) is -0.897. The highest BCUT2D eigenvalue weighted by Crippen LogP contribution is 2.33. The summed E-state index contributed by atoms with van der Waals surface area (Å²) in [6, 6.07) is 7.14. The number of ether oxygens (including phenoxy) is 1. The summed E-state index contributed by atoms with van der Waals surface area (Å²) in [4.78, 5) is 14.6. The average molecular weight is 255 g/mol. The van der Waals surface area contributed by atoms with Gasteiger partial charge in [-0.2, -0.15) is 13.2 Å². The summed E-state index contributed by atoms with van der Waals surface area (Å²) in [5, 5.41) is 0.248. The van der Waals surface area contributed by atoms with Gasteiger partial charge in [-0.1, -0.05) is 24.3 Å². The largest absolute Gasteiger partial charge is 0.464 e. The van der Waals surface area contributed by atoms with Gasteiger partial charge in [-0.3, -0.25) is 0 Å². The molecule has 3 nitrogen and oxygen atoms in total. The van der Waals surface area contributed by atoms with Crippen LogP contribution in [-0.4, -0.2) is 18.1 Å². The lowest BCUT2D eigenvalue weighted by Gasteiger charge is -2.10.